The Morgan fingerprint density at radius 3 is 2.62 bits per heavy atom. The summed E-state index contributed by atoms with van der Waals surface area (Å²) >= 11 is 0. The predicted octanol–water partition coefficient (Wildman–Crippen LogP) is 4.11. The van der Waals surface area contributed by atoms with Crippen LogP contribution in [0.1, 0.15) is 22.5 Å². The highest BCUT2D eigenvalue weighted by atomic mass is 16.6. The van der Waals surface area contributed by atoms with Crippen molar-refractivity contribution in [2.45, 2.75) is 20.4 Å². The molecule has 0 bridgehead atoms. The fraction of sp³-hybridized carbons (Fsp3) is 0.192. The standard InChI is InChI=1S/C26H24N2O6/c1-17-6-4-8-22(18(17)2)33-16-25(29)34-23-10-9-19(13-24(23)31-3)12-20(14-27)26(30)28-15-21-7-5-11-32-21/h4-13H,15-16H2,1-3H3,(H,28,30)/b20-12+. The van der Waals surface area contributed by atoms with Gasteiger partial charge in [-0.15, -0.1) is 0 Å². The molecule has 34 heavy (non-hydrogen) atoms. The van der Waals surface area contributed by atoms with Crippen molar-refractivity contribution in [3.05, 3.63) is 82.8 Å². The van der Waals surface area contributed by atoms with Crippen molar-refractivity contribution < 1.29 is 28.2 Å². The number of nitrogens with zero attached hydrogens (tertiary/aromatic N) is 1. The minimum Gasteiger partial charge on any atom is -0.493 e. The third-order valence-corrected chi connectivity index (χ3v) is 4.99. The highest BCUT2D eigenvalue weighted by molar-refractivity contribution is 6.01. The lowest BCUT2D eigenvalue weighted by Gasteiger charge is -2.12. The zero-order valence-electron chi connectivity index (χ0n) is 19.1. The Hall–Kier alpha value is -4.51. The third kappa shape index (κ3) is 6.26. The molecular formula is C26H24N2O6. The molecule has 0 aliphatic carbocycles. The smallest absolute Gasteiger partial charge is 0.349 e. The van der Waals surface area contributed by atoms with E-state index >= 15 is 0 Å². The van der Waals surface area contributed by atoms with E-state index < -0.39 is 11.9 Å². The van der Waals surface area contributed by atoms with Crippen molar-refractivity contribution in [1.29, 1.82) is 5.26 Å². The van der Waals surface area contributed by atoms with Crippen LogP contribution in [0.5, 0.6) is 17.2 Å². The Morgan fingerprint density at radius 1 is 1.09 bits per heavy atom. The van der Waals surface area contributed by atoms with Gasteiger partial charge in [-0.1, -0.05) is 18.2 Å². The topological polar surface area (TPSA) is 111 Å². The number of carbonyl (C=O) groups is 2. The number of ether oxygens (including phenoxy) is 3. The van der Waals surface area contributed by atoms with Crippen LogP contribution in [0.3, 0.4) is 0 Å². The zero-order valence-corrected chi connectivity index (χ0v) is 19.1. The highest BCUT2D eigenvalue weighted by Gasteiger charge is 2.14. The van der Waals surface area contributed by atoms with E-state index in [0.29, 0.717) is 17.1 Å². The fourth-order valence-electron chi connectivity index (χ4n) is 3.02. The van der Waals surface area contributed by atoms with E-state index in [1.54, 1.807) is 30.3 Å². The van der Waals surface area contributed by atoms with E-state index in [1.807, 2.05) is 32.0 Å². The number of hydrogen-bond donors (Lipinski definition) is 1. The molecule has 174 valence electrons. The van der Waals surface area contributed by atoms with Crippen molar-refractivity contribution in [3.63, 3.8) is 0 Å². The number of nitriles is 1. The molecule has 1 amide bonds. The molecule has 3 aromatic rings. The fourth-order valence-corrected chi connectivity index (χ4v) is 3.02. The molecule has 3 rings (SSSR count). The average Bonchev–Trinajstić information content (AvgIpc) is 3.36. The molecule has 0 atom stereocenters. The molecule has 0 radical (unpaired) electrons. The molecule has 0 fully saturated rings. The Labute approximate surface area is 197 Å². The number of benzene rings is 2. The molecule has 2 aromatic carbocycles. The first-order valence-electron chi connectivity index (χ1n) is 10.4. The number of hydrogen-bond acceptors (Lipinski definition) is 7. The number of furan rings is 1. The van der Waals surface area contributed by atoms with Crippen molar-refractivity contribution >= 4 is 18.0 Å². The van der Waals surface area contributed by atoms with Gasteiger partial charge in [0.1, 0.15) is 23.2 Å². The summed E-state index contributed by atoms with van der Waals surface area (Å²) in [4.78, 5) is 24.6. The Balaban J connectivity index is 1.65. The first kappa shape index (κ1) is 24.1. The average molecular weight is 460 g/mol. The second-order valence-corrected chi connectivity index (χ2v) is 7.30. The Kier molecular flexibility index (Phi) is 8.08. The maximum Gasteiger partial charge on any atom is 0.349 e. The quantitative estimate of drug-likeness (QED) is 0.221. The molecule has 1 heterocycles. The van der Waals surface area contributed by atoms with Gasteiger partial charge in [0.15, 0.2) is 18.1 Å². The SMILES string of the molecule is COc1cc(/C=C(\C#N)C(=O)NCc2ccco2)ccc1OC(=O)COc1cccc(C)c1C. The van der Waals surface area contributed by atoms with Gasteiger partial charge in [-0.25, -0.2) is 4.79 Å². The summed E-state index contributed by atoms with van der Waals surface area (Å²) in [6, 6.07) is 15.6. The summed E-state index contributed by atoms with van der Waals surface area (Å²) in [5.74, 6) is 0.491. The van der Waals surface area contributed by atoms with E-state index in [9.17, 15) is 14.9 Å². The number of methoxy groups -OCH3 is 1. The van der Waals surface area contributed by atoms with E-state index in [4.69, 9.17) is 18.6 Å². The van der Waals surface area contributed by atoms with Crippen LogP contribution in [-0.4, -0.2) is 25.6 Å². The molecule has 0 spiro atoms. The monoisotopic (exact) mass is 460 g/mol. The lowest BCUT2D eigenvalue weighted by atomic mass is 10.1. The predicted molar refractivity (Wildman–Crippen MR) is 124 cm³/mol. The van der Waals surface area contributed by atoms with Crippen LogP contribution in [0.25, 0.3) is 6.08 Å². The van der Waals surface area contributed by atoms with Crippen LogP contribution in [0.2, 0.25) is 0 Å². The number of esters is 1. The van der Waals surface area contributed by atoms with E-state index in [2.05, 4.69) is 5.32 Å². The largest absolute Gasteiger partial charge is 0.493 e. The molecule has 1 N–H and O–H groups in total. The van der Waals surface area contributed by atoms with Crippen molar-refractivity contribution in [1.82, 2.24) is 5.32 Å². The molecule has 8 nitrogen and oxygen atoms in total. The molecule has 0 aliphatic rings. The van der Waals surface area contributed by atoms with E-state index in [-0.39, 0.29) is 30.2 Å². The first-order chi connectivity index (χ1) is 16.4. The number of nitrogens with one attached hydrogen (secondary N) is 1. The van der Waals surface area contributed by atoms with Crippen LogP contribution in [0.4, 0.5) is 0 Å². The van der Waals surface area contributed by atoms with Gasteiger partial charge in [-0.2, -0.15) is 5.26 Å². The molecule has 0 aliphatic heterocycles. The molecule has 0 unspecified atom stereocenters. The molecular weight excluding hydrogens is 436 g/mol. The minimum atomic E-state index is -0.600. The second-order valence-electron chi connectivity index (χ2n) is 7.30. The summed E-state index contributed by atoms with van der Waals surface area (Å²) in [6.45, 7) is 3.76. The van der Waals surface area contributed by atoms with Gasteiger partial charge in [0.05, 0.1) is 19.9 Å². The van der Waals surface area contributed by atoms with Gasteiger partial charge >= 0.3 is 5.97 Å². The van der Waals surface area contributed by atoms with Crippen LogP contribution >= 0.6 is 0 Å². The highest BCUT2D eigenvalue weighted by Crippen LogP contribution is 2.29. The van der Waals surface area contributed by atoms with Gasteiger partial charge < -0.3 is 23.9 Å². The number of rotatable bonds is 9. The van der Waals surface area contributed by atoms with Crippen LogP contribution in [0, 0.1) is 25.2 Å². The summed E-state index contributed by atoms with van der Waals surface area (Å²) in [7, 11) is 1.42. The lowest BCUT2D eigenvalue weighted by molar-refractivity contribution is -0.136. The summed E-state index contributed by atoms with van der Waals surface area (Å²) in [5.41, 5.74) is 2.43. The van der Waals surface area contributed by atoms with Gasteiger partial charge in [-0.3, -0.25) is 4.79 Å². The number of aryl methyl sites for hydroxylation is 1. The number of carbonyl (C=O) groups excluding carboxylic acids is 2. The maximum atomic E-state index is 12.3. The van der Waals surface area contributed by atoms with Gasteiger partial charge in [-0.05, 0) is 66.9 Å². The summed E-state index contributed by atoms with van der Waals surface area (Å²) < 4.78 is 21.4. The third-order valence-electron chi connectivity index (χ3n) is 4.99. The van der Waals surface area contributed by atoms with Gasteiger partial charge in [0.25, 0.3) is 5.91 Å². The molecule has 0 saturated heterocycles. The van der Waals surface area contributed by atoms with Crippen molar-refractivity contribution in [2.24, 2.45) is 0 Å². The van der Waals surface area contributed by atoms with Gasteiger partial charge in [0, 0.05) is 0 Å². The molecule has 1 aromatic heterocycles. The van der Waals surface area contributed by atoms with Crippen molar-refractivity contribution in [2.75, 3.05) is 13.7 Å². The lowest BCUT2D eigenvalue weighted by Crippen LogP contribution is -2.23. The zero-order chi connectivity index (χ0) is 24.5. The Bertz CT molecular complexity index is 1240. The van der Waals surface area contributed by atoms with E-state index in [1.165, 1.54) is 25.5 Å². The first-order valence-corrected chi connectivity index (χ1v) is 10.4. The Morgan fingerprint density at radius 2 is 1.91 bits per heavy atom. The number of amides is 1. The molecule has 0 saturated carbocycles. The summed E-state index contributed by atoms with van der Waals surface area (Å²) in [6.07, 6.45) is 2.91. The van der Waals surface area contributed by atoms with E-state index in [0.717, 1.165) is 11.1 Å². The van der Waals surface area contributed by atoms with Crippen molar-refractivity contribution in [3.8, 4) is 23.3 Å². The maximum absolute atomic E-state index is 12.3. The van der Waals surface area contributed by atoms with Crippen LogP contribution in [0.15, 0.2) is 64.8 Å². The van der Waals surface area contributed by atoms with Gasteiger partial charge in [0.2, 0.25) is 0 Å². The molecule has 8 heteroatoms. The minimum absolute atomic E-state index is 0.0970. The van der Waals surface area contributed by atoms with Crippen LogP contribution in [-0.2, 0) is 16.1 Å². The normalized spacial score (nSPS) is 10.8. The van der Waals surface area contributed by atoms with Crippen LogP contribution < -0.4 is 19.5 Å². The second kappa shape index (κ2) is 11.4. The summed E-state index contributed by atoms with van der Waals surface area (Å²) in [5, 5.41) is 12.0.